The van der Waals surface area contributed by atoms with Crippen LogP contribution in [0.5, 0.6) is 0 Å². The van der Waals surface area contributed by atoms with Crippen molar-refractivity contribution in [3.8, 4) is 0 Å². The van der Waals surface area contributed by atoms with Gasteiger partial charge in [0.1, 0.15) is 0 Å². The van der Waals surface area contributed by atoms with Crippen LogP contribution in [-0.2, 0) is 13.3 Å². The quantitative estimate of drug-likeness (QED) is 0.636. The van der Waals surface area contributed by atoms with Crippen LogP contribution in [0.4, 0.5) is 4.79 Å². The Hall–Kier alpha value is -0.633. The summed E-state index contributed by atoms with van der Waals surface area (Å²) in [6.07, 6.45) is 0.529. The molecular weight excluding hydrogens is 230 g/mol. The van der Waals surface area contributed by atoms with E-state index in [4.69, 9.17) is 18.4 Å². The van der Waals surface area contributed by atoms with Gasteiger partial charge < -0.3 is 23.7 Å². The lowest BCUT2D eigenvalue weighted by atomic mass is 10.2. The highest BCUT2D eigenvalue weighted by atomic mass is 28.4. The van der Waals surface area contributed by atoms with E-state index in [2.05, 4.69) is 5.32 Å². The highest BCUT2D eigenvalue weighted by Gasteiger charge is 2.36. The van der Waals surface area contributed by atoms with Gasteiger partial charge in [-0.15, -0.1) is 0 Å². The minimum Gasteiger partial charge on any atom is -0.465 e. The topological polar surface area (TPSA) is 77.0 Å². The number of amides is 1. The van der Waals surface area contributed by atoms with Crippen molar-refractivity contribution in [2.24, 2.45) is 0 Å². The molecule has 0 heterocycles. The molecule has 0 fully saturated rings. The smallest absolute Gasteiger partial charge is 0.465 e. The first kappa shape index (κ1) is 15.4. The summed E-state index contributed by atoms with van der Waals surface area (Å²) in [5, 5.41) is 10.9. The number of hydrogen-bond donors (Lipinski definition) is 2. The fourth-order valence-corrected chi connectivity index (χ4v) is 3.21. The van der Waals surface area contributed by atoms with Crippen LogP contribution in [0.3, 0.4) is 0 Å². The normalized spacial score (nSPS) is 13.5. The van der Waals surface area contributed by atoms with Crippen molar-refractivity contribution < 1.29 is 23.2 Å². The molecule has 0 aromatic heterocycles. The molecule has 16 heavy (non-hydrogen) atoms. The molecule has 0 aromatic rings. The third-order valence-corrected chi connectivity index (χ3v) is 5.25. The fourth-order valence-electron chi connectivity index (χ4n) is 1.46. The molecule has 0 bridgehead atoms. The molecule has 0 aliphatic carbocycles. The van der Waals surface area contributed by atoms with E-state index in [0.29, 0.717) is 6.04 Å². The van der Waals surface area contributed by atoms with Gasteiger partial charge in [0.25, 0.3) is 0 Å². The lowest BCUT2D eigenvalue weighted by Gasteiger charge is -2.24. The maximum Gasteiger partial charge on any atom is 0.500 e. The van der Waals surface area contributed by atoms with Crippen molar-refractivity contribution in [1.29, 1.82) is 0 Å². The van der Waals surface area contributed by atoms with Crippen LogP contribution >= 0.6 is 0 Å². The third kappa shape index (κ3) is 5.45. The summed E-state index contributed by atoms with van der Waals surface area (Å²) < 4.78 is 15.8. The van der Waals surface area contributed by atoms with Gasteiger partial charge in [-0.3, -0.25) is 0 Å². The zero-order valence-corrected chi connectivity index (χ0v) is 11.3. The summed E-state index contributed by atoms with van der Waals surface area (Å²) in [7, 11) is 2.20. The molecule has 0 radical (unpaired) electrons. The van der Waals surface area contributed by atoms with E-state index >= 15 is 0 Å². The van der Waals surface area contributed by atoms with E-state index in [-0.39, 0.29) is 6.04 Å². The van der Waals surface area contributed by atoms with E-state index in [0.717, 1.165) is 12.8 Å². The molecule has 1 amide bonds. The first-order valence-corrected chi connectivity index (χ1v) is 7.07. The van der Waals surface area contributed by atoms with Crippen molar-refractivity contribution in [3.63, 3.8) is 0 Å². The molecule has 6 nitrogen and oxygen atoms in total. The summed E-state index contributed by atoms with van der Waals surface area (Å²) in [4.78, 5) is 10.4. The molecule has 0 aliphatic rings. The van der Waals surface area contributed by atoms with Gasteiger partial charge >= 0.3 is 14.9 Å². The van der Waals surface area contributed by atoms with Crippen molar-refractivity contribution in [3.05, 3.63) is 0 Å². The minimum atomic E-state index is -2.50. The average Bonchev–Trinajstić information content (AvgIpc) is 2.24. The Labute approximate surface area is 97.3 Å². The van der Waals surface area contributed by atoms with Gasteiger partial charge in [0, 0.05) is 33.4 Å². The third-order valence-electron chi connectivity index (χ3n) is 2.42. The Bertz CT molecular complexity index is 202. The van der Waals surface area contributed by atoms with Gasteiger partial charge in [-0.05, 0) is 19.8 Å². The molecule has 96 valence electrons. The highest BCUT2D eigenvalue weighted by Crippen LogP contribution is 2.16. The van der Waals surface area contributed by atoms with Crippen LogP contribution in [0.15, 0.2) is 0 Å². The lowest BCUT2D eigenvalue weighted by molar-refractivity contribution is 0.122. The Morgan fingerprint density at radius 1 is 1.31 bits per heavy atom. The van der Waals surface area contributed by atoms with E-state index in [1.54, 1.807) is 21.3 Å². The molecule has 1 atom stereocenters. The second-order valence-corrected chi connectivity index (χ2v) is 6.63. The van der Waals surface area contributed by atoms with E-state index in [1.807, 2.05) is 6.92 Å². The van der Waals surface area contributed by atoms with Crippen molar-refractivity contribution in [2.75, 3.05) is 21.3 Å². The Kier molecular flexibility index (Phi) is 7.31. The Morgan fingerprint density at radius 3 is 2.19 bits per heavy atom. The van der Waals surface area contributed by atoms with Crippen LogP contribution in [-0.4, -0.2) is 47.4 Å². The zero-order valence-electron chi connectivity index (χ0n) is 10.3. The Morgan fingerprint density at radius 2 is 1.81 bits per heavy atom. The van der Waals surface area contributed by atoms with Gasteiger partial charge in [0.05, 0.1) is 0 Å². The first-order valence-electron chi connectivity index (χ1n) is 5.14. The molecule has 7 heteroatoms. The molecule has 0 aromatic carbocycles. The van der Waals surface area contributed by atoms with E-state index in [1.165, 1.54) is 0 Å². The van der Waals surface area contributed by atoms with Crippen molar-refractivity contribution >= 4 is 14.9 Å². The number of carbonyl (C=O) groups is 1. The molecule has 2 N–H and O–H groups in total. The molecular formula is C9H21NO5Si. The molecule has 0 saturated heterocycles. The van der Waals surface area contributed by atoms with Gasteiger partial charge in [-0.25, -0.2) is 4.79 Å². The fraction of sp³-hybridized carbons (Fsp3) is 0.889. The summed E-state index contributed by atoms with van der Waals surface area (Å²) in [6, 6.07) is 0.608. The lowest BCUT2D eigenvalue weighted by Crippen LogP contribution is -2.43. The molecule has 0 aliphatic heterocycles. The van der Waals surface area contributed by atoms with Crippen LogP contribution in [0.25, 0.3) is 0 Å². The number of carboxylic acid groups (broad SMARTS) is 1. The van der Waals surface area contributed by atoms with E-state index in [9.17, 15) is 4.79 Å². The van der Waals surface area contributed by atoms with Crippen LogP contribution in [0.1, 0.15) is 19.8 Å². The highest BCUT2D eigenvalue weighted by molar-refractivity contribution is 6.60. The summed E-state index contributed by atoms with van der Waals surface area (Å²) in [5.74, 6) is 0. The summed E-state index contributed by atoms with van der Waals surface area (Å²) in [6.45, 7) is 1.82. The van der Waals surface area contributed by atoms with Crippen molar-refractivity contribution in [1.82, 2.24) is 5.32 Å². The predicted molar refractivity (Wildman–Crippen MR) is 61.4 cm³/mol. The van der Waals surface area contributed by atoms with Crippen LogP contribution in [0, 0.1) is 0 Å². The number of hydrogen-bond acceptors (Lipinski definition) is 4. The summed E-state index contributed by atoms with van der Waals surface area (Å²) in [5.41, 5.74) is 0. The molecule has 1 unspecified atom stereocenters. The standard InChI is InChI=1S/C9H21NO5Si/c1-8(10-9(11)12)6-5-7-16(13-2,14-3)15-4/h8,10H,5-7H2,1-4H3,(H,11,12). The van der Waals surface area contributed by atoms with Crippen molar-refractivity contribution in [2.45, 2.75) is 31.9 Å². The average molecular weight is 251 g/mol. The zero-order chi connectivity index (χ0) is 12.6. The second kappa shape index (κ2) is 7.61. The van der Waals surface area contributed by atoms with Gasteiger partial charge in [0.2, 0.25) is 0 Å². The Balaban J connectivity index is 3.90. The predicted octanol–water partition coefficient (Wildman–Crippen LogP) is 1.30. The monoisotopic (exact) mass is 251 g/mol. The van der Waals surface area contributed by atoms with Crippen LogP contribution < -0.4 is 5.32 Å². The van der Waals surface area contributed by atoms with E-state index < -0.39 is 14.9 Å². The number of nitrogens with one attached hydrogen (secondary N) is 1. The maximum atomic E-state index is 10.4. The summed E-state index contributed by atoms with van der Waals surface area (Å²) >= 11 is 0. The second-order valence-electron chi connectivity index (χ2n) is 3.54. The van der Waals surface area contributed by atoms with Crippen LogP contribution in [0.2, 0.25) is 6.04 Å². The number of rotatable bonds is 8. The molecule has 0 saturated carbocycles. The SMILES string of the molecule is CO[Si](CCCC(C)NC(=O)O)(OC)OC. The van der Waals surface area contributed by atoms with Gasteiger partial charge in [-0.1, -0.05) is 0 Å². The largest absolute Gasteiger partial charge is 0.500 e. The molecule has 0 rings (SSSR count). The van der Waals surface area contributed by atoms with Gasteiger partial charge in [0.15, 0.2) is 0 Å². The first-order chi connectivity index (χ1) is 7.49. The minimum absolute atomic E-state index is 0.0743. The van der Waals surface area contributed by atoms with Gasteiger partial charge in [-0.2, -0.15) is 0 Å². The maximum absolute atomic E-state index is 10.4. The molecule has 0 spiro atoms.